The minimum atomic E-state index is 0.454. The number of hydrogen-bond acceptors (Lipinski definition) is 1. The van der Waals surface area contributed by atoms with E-state index in [9.17, 15) is 0 Å². The molecule has 172 valence electrons. The molecule has 3 aliphatic carbocycles. The predicted molar refractivity (Wildman–Crippen MR) is 137 cm³/mol. The topological polar surface area (TPSA) is 9.23 Å². The zero-order valence-corrected chi connectivity index (χ0v) is 20.4. The number of ether oxygens (including phenoxy) is 1. The molecule has 3 aliphatic rings. The summed E-state index contributed by atoms with van der Waals surface area (Å²) in [5.74, 6) is 0.969. The van der Waals surface area contributed by atoms with Crippen molar-refractivity contribution in [3.8, 4) is 16.9 Å². The quantitative estimate of drug-likeness (QED) is 0.255. The second-order valence-corrected chi connectivity index (χ2v) is 10.4. The van der Waals surface area contributed by atoms with Crippen molar-refractivity contribution in [2.75, 3.05) is 6.61 Å². The molecule has 0 unspecified atom stereocenters. The molecule has 3 saturated carbocycles. The first-order valence-corrected chi connectivity index (χ1v) is 13.1. The highest BCUT2D eigenvalue weighted by atomic mass is 16.5. The molecule has 0 amide bonds. The van der Waals surface area contributed by atoms with E-state index in [1.54, 1.807) is 5.56 Å². The molecule has 32 heavy (non-hydrogen) atoms. The lowest BCUT2D eigenvalue weighted by atomic mass is 9.51. The van der Waals surface area contributed by atoms with Gasteiger partial charge >= 0.3 is 0 Å². The van der Waals surface area contributed by atoms with E-state index in [0.29, 0.717) is 10.8 Å². The van der Waals surface area contributed by atoms with E-state index in [4.69, 9.17) is 4.74 Å². The largest absolute Gasteiger partial charge is 0.494 e. The molecule has 3 fully saturated rings. The van der Waals surface area contributed by atoms with Gasteiger partial charge in [-0.2, -0.15) is 0 Å². The number of hydrogen-bond donors (Lipinski definition) is 0. The van der Waals surface area contributed by atoms with Gasteiger partial charge in [-0.3, -0.25) is 0 Å². The van der Waals surface area contributed by atoms with Crippen LogP contribution in [0, 0.1) is 5.41 Å². The maximum absolute atomic E-state index is 5.88. The van der Waals surface area contributed by atoms with Crippen LogP contribution in [0.25, 0.3) is 11.1 Å². The van der Waals surface area contributed by atoms with Crippen LogP contribution in [-0.2, 0) is 5.41 Å². The normalized spacial score (nSPS) is 24.8. The molecule has 0 atom stereocenters. The standard InChI is InChI=1S/C31H42O/c1-3-5-7-9-25-32-29-16-12-27(13-17-29)26-10-14-28(15-11-26)31-22-19-30(20-23-31,21-24-31)18-8-6-4-2/h3,5,10-17H,4,6-9,18-25H2,1-2H3/b5-3+. The van der Waals surface area contributed by atoms with Crippen molar-refractivity contribution in [1.82, 2.24) is 0 Å². The fourth-order valence-electron chi connectivity index (χ4n) is 6.14. The fourth-order valence-corrected chi connectivity index (χ4v) is 6.14. The second kappa shape index (κ2) is 10.7. The molecular weight excluding hydrogens is 388 g/mol. The molecular formula is C31H42O. The summed E-state index contributed by atoms with van der Waals surface area (Å²) in [4.78, 5) is 0. The van der Waals surface area contributed by atoms with Gasteiger partial charge in [0.05, 0.1) is 6.61 Å². The monoisotopic (exact) mass is 430 g/mol. The highest BCUT2D eigenvalue weighted by Gasteiger charge is 2.48. The summed E-state index contributed by atoms with van der Waals surface area (Å²) in [6, 6.07) is 18.1. The third-order valence-corrected chi connectivity index (χ3v) is 8.42. The molecule has 0 N–H and O–H groups in total. The Bertz CT molecular complexity index is 834. The summed E-state index contributed by atoms with van der Waals surface area (Å²) in [6.45, 7) is 5.17. The number of fused-ring (bicyclic) bond motifs is 3. The van der Waals surface area contributed by atoms with Crippen molar-refractivity contribution in [2.24, 2.45) is 5.41 Å². The first-order valence-electron chi connectivity index (χ1n) is 13.1. The minimum absolute atomic E-state index is 0.454. The van der Waals surface area contributed by atoms with Gasteiger partial charge in [-0.25, -0.2) is 0 Å². The molecule has 0 spiro atoms. The van der Waals surface area contributed by atoms with Crippen LogP contribution in [0.1, 0.15) is 96.5 Å². The van der Waals surface area contributed by atoms with Gasteiger partial charge in [0.25, 0.3) is 0 Å². The summed E-state index contributed by atoms with van der Waals surface area (Å²) in [7, 11) is 0. The Morgan fingerprint density at radius 2 is 1.41 bits per heavy atom. The number of allylic oxidation sites excluding steroid dienone is 2. The Labute approximate surface area is 196 Å². The number of benzene rings is 2. The number of unbranched alkanes of at least 4 members (excludes halogenated alkanes) is 3. The lowest BCUT2D eigenvalue weighted by Gasteiger charge is -2.54. The Hall–Kier alpha value is -2.02. The van der Waals surface area contributed by atoms with Crippen molar-refractivity contribution in [2.45, 2.75) is 96.3 Å². The van der Waals surface area contributed by atoms with Crippen LogP contribution in [0.2, 0.25) is 0 Å². The maximum atomic E-state index is 5.88. The Balaban J connectivity index is 1.34. The van der Waals surface area contributed by atoms with Crippen LogP contribution in [0.3, 0.4) is 0 Å². The lowest BCUT2D eigenvalue weighted by Crippen LogP contribution is -2.44. The van der Waals surface area contributed by atoms with Gasteiger partial charge in [0.2, 0.25) is 0 Å². The third kappa shape index (κ3) is 5.30. The van der Waals surface area contributed by atoms with Crippen LogP contribution in [0.4, 0.5) is 0 Å². The maximum Gasteiger partial charge on any atom is 0.119 e. The molecule has 0 radical (unpaired) electrons. The molecule has 2 aromatic rings. The average Bonchev–Trinajstić information content (AvgIpc) is 2.86. The Morgan fingerprint density at radius 1 is 0.781 bits per heavy atom. The molecule has 5 rings (SSSR count). The second-order valence-electron chi connectivity index (χ2n) is 10.4. The van der Waals surface area contributed by atoms with Gasteiger partial charge in [0, 0.05) is 0 Å². The third-order valence-electron chi connectivity index (χ3n) is 8.42. The van der Waals surface area contributed by atoms with Gasteiger partial charge in [-0.05, 0) is 104 Å². The molecule has 0 heterocycles. The van der Waals surface area contributed by atoms with Gasteiger partial charge in [-0.15, -0.1) is 0 Å². The molecule has 0 aliphatic heterocycles. The van der Waals surface area contributed by atoms with Crippen LogP contribution < -0.4 is 4.74 Å². The highest BCUT2D eigenvalue weighted by molar-refractivity contribution is 5.64. The summed E-state index contributed by atoms with van der Waals surface area (Å²) < 4.78 is 5.88. The summed E-state index contributed by atoms with van der Waals surface area (Å²) in [5.41, 5.74) is 5.32. The molecule has 0 aromatic heterocycles. The van der Waals surface area contributed by atoms with Gasteiger partial charge in [0.1, 0.15) is 5.75 Å². The van der Waals surface area contributed by atoms with E-state index in [1.165, 1.54) is 75.3 Å². The summed E-state index contributed by atoms with van der Waals surface area (Å²) >= 11 is 0. The van der Waals surface area contributed by atoms with Crippen LogP contribution in [0.15, 0.2) is 60.7 Å². The molecule has 1 nitrogen and oxygen atoms in total. The molecule has 2 bridgehead atoms. The zero-order valence-electron chi connectivity index (χ0n) is 20.4. The number of rotatable bonds is 11. The molecule has 1 heteroatoms. The van der Waals surface area contributed by atoms with Gasteiger partial charge < -0.3 is 4.74 Å². The van der Waals surface area contributed by atoms with Crippen molar-refractivity contribution in [3.63, 3.8) is 0 Å². The van der Waals surface area contributed by atoms with Crippen LogP contribution >= 0.6 is 0 Å². The Kier molecular flexibility index (Phi) is 7.76. The minimum Gasteiger partial charge on any atom is -0.494 e. The van der Waals surface area contributed by atoms with Gasteiger partial charge in [-0.1, -0.05) is 74.7 Å². The van der Waals surface area contributed by atoms with E-state index in [-0.39, 0.29) is 0 Å². The van der Waals surface area contributed by atoms with E-state index >= 15 is 0 Å². The van der Waals surface area contributed by atoms with Crippen molar-refractivity contribution >= 4 is 0 Å². The summed E-state index contributed by atoms with van der Waals surface area (Å²) in [6.07, 6.45) is 20.7. The van der Waals surface area contributed by atoms with Crippen molar-refractivity contribution in [3.05, 3.63) is 66.2 Å². The SMILES string of the molecule is C/C=C/CCCOc1ccc(-c2ccc(C34CCC(CCCCC)(CC3)CC4)cc2)cc1. The molecule has 2 aromatic carbocycles. The lowest BCUT2D eigenvalue weighted by molar-refractivity contribution is 0.0305. The van der Waals surface area contributed by atoms with Gasteiger partial charge in [0.15, 0.2) is 0 Å². The van der Waals surface area contributed by atoms with E-state index in [0.717, 1.165) is 25.2 Å². The van der Waals surface area contributed by atoms with Crippen molar-refractivity contribution in [1.29, 1.82) is 0 Å². The van der Waals surface area contributed by atoms with E-state index in [1.807, 2.05) is 0 Å². The van der Waals surface area contributed by atoms with Crippen molar-refractivity contribution < 1.29 is 4.74 Å². The fraction of sp³-hybridized carbons (Fsp3) is 0.548. The Morgan fingerprint density at radius 3 is 2.00 bits per heavy atom. The highest BCUT2D eigenvalue weighted by Crippen LogP contribution is 2.59. The van der Waals surface area contributed by atoms with E-state index < -0.39 is 0 Å². The first-order chi connectivity index (χ1) is 15.7. The smallest absolute Gasteiger partial charge is 0.119 e. The first kappa shape index (κ1) is 23.1. The molecule has 0 saturated heterocycles. The van der Waals surface area contributed by atoms with E-state index in [2.05, 4.69) is 74.5 Å². The van der Waals surface area contributed by atoms with Crippen LogP contribution in [-0.4, -0.2) is 6.61 Å². The average molecular weight is 431 g/mol. The zero-order chi connectivity index (χ0) is 22.3. The predicted octanol–water partition coefficient (Wildman–Crippen LogP) is 9.26. The summed E-state index contributed by atoms with van der Waals surface area (Å²) in [5, 5.41) is 0. The van der Waals surface area contributed by atoms with Crippen LogP contribution in [0.5, 0.6) is 5.75 Å².